The van der Waals surface area contributed by atoms with Crippen LogP contribution in [0.3, 0.4) is 0 Å². The maximum absolute atomic E-state index is 11.2. The molecule has 100 valence electrons. The first-order valence-electron chi connectivity index (χ1n) is 5.46. The summed E-state index contributed by atoms with van der Waals surface area (Å²) in [5.74, 6) is 5.59. The number of hydrogen-bond acceptors (Lipinski definition) is 5. The third-order valence-electron chi connectivity index (χ3n) is 2.15. The molecule has 0 radical (unpaired) electrons. The van der Waals surface area contributed by atoms with E-state index < -0.39 is 6.09 Å². The van der Waals surface area contributed by atoms with Gasteiger partial charge in [-0.15, -0.1) is 0 Å². The number of aromatic nitrogens is 1. The van der Waals surface area contributed by atoms with Crippen molar-refractivity contribution in [2.75, 3.05) is 20.8 Å². The predicted octanol–water partition coefficient (Wildman–Crippen LogP) is 1.00. The molecule has 0 saturated carbocycles. The summed E-state index contributed by atoms with van der Waals surface area (Å²) < 4.78 is 9.75. The van der Waals surface area contributed by atoms with Gasteiger partial charge in [0, 0.05) is 18.8 Å². The van der Waals surface area contributed by atoms with E-state index in [9.17, 15) is 9.59 Å². The van der Waals surface area contributed by atoms with Crippen molar-refractivity contribution in [1.29, 1.82) is 0 Å². The zero-order chi connectivity index (χ0) is 14.3. The van der Waals surface area contributed by atoms with Gasteiger partial charge in [0.1, 0.15) is 0 Å². The van der Waals surface area contributed by atoms with Crippen molar-refractivity contribution in [2.45, 2.75) is 6.92 Å². The molecule has 1 heterocycles. The third kappa shape index (κ3) is 4.32. The van der Waals surface area contributed by atoms with E-state index >= 15 is 0 Å². The predicted molar refractivity (Wildman–Crippen MR) is 68.1 cm³/mol. The van der Waals surface area contributed by atoms with Crippen LogP contribution in [-0.4, -0.2) is 37.6 Å². The van der Waals surface area contributed by atoms with Gasteiger partial charge in [-0.1, -0.05) is 11.8 Å². The van der Waals surface area contributed by atoms with Crippen LogP contribution in [0.5, 0.6) is 5.88 Å². The van der Waals surface area contributed by atoms with E-state index in [0.717, 1.165) is 0 Å². The molecule has 0 aliphatic heterocycles. The summed E-state index contributed by atoms with van der Waals surface area (Å²) in [5, 5.41) is 2.30. The number of rotatable bonds is 3. The number of nitrogens with zero attached hydrogens (tertiary/aromatic N) is 1. The molecule has 0 aliphatic rings. The Labute approximate surface area is 111 Å². The van der Waals surface area contributed by atoms with Crippen LogP contribution in [0.25, 0.3) is 0 Å². The van der Waals surface area contributed by atoms with Crippen LogP contribution in [0.2, 0.25) is 0 Å². The number of carbonyl (C=O) groups is 2. The number of Topliss-reactive ketones (excluding diaryl/α,β-unsaturated/α-hetero) is 1. The number of carbonyl (C=O) groups excluding carboxylic acids is 2. The number of hydrogen-bond donors (Lipinski definition) is 1. The summed E-state index contributed by atoms with van der Waals surface area (Å²) >= 11 is 0. The number of nitrogens with one attached hydrogen (secondary N) is 1. The lowest BCUT2D eigenvalue weighted by Gasteiger charge is -2.03. The van der Waals surface area contributed by atoms with E-state index in [2.05, 4.69) is 22.1 Å². The molecule has 6 nitrogen and oxygen atoms in total. The van der Waals surface area contributed by atoms with Crippen LogP contribution < -0.4 is 10.1 Å². The van der Waals surface area contributed by atoms with Crippen molar-refractivity contribution in [3.8, 4) is 17.7 Å². The number of methoxy groups -OCH3 is 1. The van der Waals surface area contributed by atoms with Gasteiger partial charge in [0.15, 0.2) is 12.4 Å². The molecule has 0 atom stereocenters. The second-order valence-corrected chi connectivity index (χ2v) is 3.46. The topological polar surface area (TPSA) is 77.5 Å². The summed E-state index contributed by atoms with van der Waals surface area (Å²) in [4.78, 5) is 26.0. The fourth-order valence-corrected chi connectivity index (χ4v) is 1.20. The Hall–Kier alpha value is -2.55. The van der Waals surface area contributed by atoms with E-state index in [1.165, 1.54) is 27.3 Å². The molecule has 0 unspecified atom stereocenters. The van der Waals surface area contributed by atoms with Crippen LogP contribution in [0.1, 0.15) is 22.8 Å². The number of alkyl carbamates (subject to hydrolysis) is 1. The van der Waals surface area contributed by atoms with E-state index in [4.69, 9.17) is 9.47 Å². The second kappa shape index (κ2) is 7.01. The first-order valence-corrected chi connectivity index (χ1v) is 5.46. The van der Waals surface area contributed by atoms with Crippen LogP contribution in [-0.2, 0) is 4.74 Å². The molecular weight excluding hydrogens is 248 g/mol. The molecule has 0 saturated heterocycles. The number of ketones is 1. The summed E-state index contributed by atoms with van der Waals surface area (Å²) in [6.45, 7) is 1.38. The maximum atomic E-state index is 11.2. The third-order valence-corrected chi connectivity index (χ3v) is 2.15. The molecule has 1 aromatic rings. The standard InChI is InChI=1S/C13H14N2O4/c1-9(16)11-7-10(12(18-3)15-8-11)5-4-6-19-13(17)14-2/h7-8H,6H2,1-3H3,(H,14,17). The van der Waals surface area contributed by atoms with Gasteiger partial charge in [0.25, 0.3) is 0 Å². The van der Waals surface area contributed by atoms with Crippen molar-refractivity contribution in [1.82, 2.24) is 10.3 Å². The minimum Gasteiger partial charge on any atom is -0.480 e. The molecule has 1 amide bonds. The molecule has 1 rings (SSSR count). The summed E-state index contributed by atoms with van der Waals surface area (Å²) in [6, 6.07) is 1.58. The van der Waals surface area contributed by atoms with Gasteiger partial charge in [-0.2, -0.15) is 0 Å². The smallest absolute Gasteiger partial charge is 0.407 e. The summed E-state index contributed by atoms with van der Waals surface area (Å²) in [6.07, 6.45) is 0.866. The van der Waals surface area contributed by atoms with E-state index in [0.29, 0.717) is 17.0 Å². The van der Waals surface area contributed by atoms with E-state index in [-0.39, 0.29) is 12.4 Å². The van der Waals surface area contributed by atoms with E-state index in [1.54, 1.807) is 6.07 Å². The molecular formula is C13H14N2O4. The highest BCUT2D eigenvalue weighted by molar-refractivity contribution is 5.94. The average molecular weight is 262 g/mol. The Balaban J connectivity index is 2.86. The quantitative estimate of drug-likeness (QED) is 0.649. The highest BCUT2D eigenvalue weighted by Gasteiger charge is 2.06. The first kappa shape index (κ1) is 14.5. The molecule has 19 heavy (non-hydrogen) atoms. The molecule has 0 bridgehead atoms. The van der Waals surface area contributed by atoms with Crippen molar-refractivity contribution < 1.29 is 19.1 Å². The summed E-state index contributed by atoms with van der Waals surface area (Å²) in [5.41, 5.74) is 0.910. The molecule has 0 aliphatic carbocycles. The molecule has 1 N–H and O–H groups in total. The number of ether oxygens (including phenoxy) is 2. The largest absolute Gasteiger partial charge is 0.480 e. The Bertz CT molecular complexity index is 543. The van der Waals surface area contributed by atoms with Gasteiger partial charge in [-0.25, -0.2) is 9.78 Å². The molecule has 0 fully saturated rings. The molecule has 0 spiro atoms. The zero-order valence-electron chi connectivity index (χ0n) is 10.9. The van der Waals surface area contributed by atoms with Gasteiger partial charge in [0.2, 0.25) is 5.88 Å². The lowest BCUT2D eigenvalue weighted by molar-refractivity contribution is 0.101. The Kier molecular flexibility index (Phi) is 5.35. The fraction of sp³-hybridized carbons (Fsp3) is 0.308. The SMILES string of the molecule is CNC(=O)OCC#Cc1cc(C(C)=O)cnc1OC. The maximum Gasteiger partial charge on any atom is 0.407 e. The van der Waals surface area contributed by atoms with Gasteiger partial charge < -0.3 is 14.8 Å². The van der Waals surface area contributed by atoms with E-state index in [1.807, 2.05) is 0 Å². The van der Waals surface area contributed by atoms with Gasteiger partial charge in [-0.3, -0.25) is 4.79 Å². The lowest BCUT2D eigenvalue weighted by atomic mass is 10.1. The Morgan fingerprint density at radius 3 is 2.79 bits per heavy atom. The highest BCUT2D eigenvalue weighted by atomic mass is 16.5. The van der Waals surface area contributed by atoms with Crippen LogP contribution in [0.15, 0.2) is 12.3 Å². The zero-order valence-corrected chi connectivity index (χ0v) is 10.9. The van der Waals surface area contributed by atoms with Crippen molar-refractivity contribution >= 4 is 11.9 Å². The van der Waals surface area contributed by atoms with Crippen molar-refractivity contribution in [2.24, 2.45) is 0 Å². The molecule has 6 heteroatoms. The van der Waals surface area contributed by atoms with Gasteiger partial charge in [0.05, 0.1) is 12.7 Å². The number of amides is 1. The monoisotopic (exact) mass is 262 g/mol. The normalized spacial score (nSPS) is 9.00. The van der Waals surface area contributed by atoms with Gasteiger partial charge in [-0.05, 0) is 13.0 Å². The average Bonchev–Trinajstić information content (AvgIpc) is 2.42. The van der Waals surface area contributed by atoms with Crippen molar-refractivity contribution in [3.05, 3.63) is 23.4 Å². The highest BCUT2D eigenvalue weighted by Crippen LogP contribution is 2.15. The summed E-state index contributed by atoms with van der Waals surface area (Å²) in [7, 11) is 2.92. The number of pyridine rings is 1. The second-order valence-electron chi connectivity index (χ2n) is 3.46. The van der Waals surface area contributed by atoms with Crippen LogP contribution in [0, 0.1) is 11.8 Å². The fourth-order valence-electron chi connectivity index (χ4n) is 1.20. The van der Waals surface area contributed by atoms with Crippen molar-refractivity contribution in [3.63, 3.8) is 0 Å². The first-order chi connectivity index (χ1) is 9.08. The Morgan fingerprint density at radius 1 is 1.47 bits per heavy atom. The molecule has 0 aromatic carbocycles. The van der Waals surface area contributed by atoms with Crippen LogP contribution in [0.4, 0.5) is 4.79 Å². The Morgan fingerprint density at radius 2 is 2.21 bits per heavy atom. The van der Waals surface area contributed by atoms with Gasteiger partial charge >= 0.3 is 6.09 Å². The minimum absolute atomic E-state index is 0.0624. The minimum atomic E-state index is -0.558. The van der Waals surface area contributed by atoms with Crippen LogP contribution >= 0.6 is 0 Å². The molecule has 1 aromatic heterocycles. The lowest BCUT2D eigenvalue weighted by Crippen LogP contribution is -2.19.